The highest BCUT2D eigenvalue weighted by molar-refractivity contribution is 7.99. The zero-order valence-corrected chi connectivity index (χ0v) is 18.3. The van der Waals surface area contributed by atoms with E-state index in [2.05, 4.69) is 15.5 Å². The van der Waals surface area contributed by atoms with Crippen LogP contribution >= 0.6 is 11.8 Å². The number of nitrogens with zero attached hydrogens (tertiary/aromatic N) is 3. The molecule has 1 aliphatic heterocycles. The van der Waals surface area contributed by atoms with Crippen molar-refractivity contribution in [1.82, 2.24) is 20.1 Å². The topological polar surface area (TPSA) is 69.0 Å². The van der Waals surface area contributed by atoms with E-state index in [1.807, 2.05) is 4.57 Å². The van der Waals surface area contributed by atoms with Crippen LogP contribution in [0.5, 0.6) is 0 Å². The number of aromatic nitrogens is 3. The van der Waals surface area contributed by atoms with Gasteiger partial charge in [0.15, 0.2) is 11.0 Å². The van der Waals surface area contributed by atoms with Crippen molar-refractivity contribution >= 4 is 17.7 Å². The molecule has 0 radical (unpaired) electrons. The van der Waals surface area contributed by atoms with Crippen molar-refractivity contribution in [3.63, 3.8) is 0 Å². The molecule has 0 bridgehead atoms. The first-order valence-electron chi connectivity index (χ1n) is 10.5. The molecule has 1 N–H and O–H groups in total. The van der Waals surface area contributed by atoms with Gasteiger partial charge in [0.2, 0.25) is 5.91 Å². The Morgan fingerprint density at radius 3 is 2.50 bits per heavy atom. The SMILES string of the molecule is O=C(CSc1nnc(-c2ccc(F)cc2)n1CC1CCCO1)NCCc1ccc(F)cc1. The second-order valence-electron chi connectivity index (χ2n) is 7.57. The maximum absolute atomic E-state index is 13.3. The highest BCUT2D eigenvalue weighted by Crippen LogP contribution is 2.26. The molecule has 4 rings (SSSR count). The van der Waals surface area contributed by atoms with Gasteiger partial charge in [0.05, 0.1) is 18.4 Å². The first-order valence-corrected chi connectivity index (χ1v) is 11.5. The average molecular weight is 459 g/mol. The summed E-state index contributed by atoms with van der Waals surface area (Å²) in [6.07, 6.45) is 2.65. The molecule has 1 atom stereocenters. The second-order valence-corrected chi connectivity index (χ2v) is 8.52. The van der Waals surface area contributed by atoms with Crippen molar-refractivity contribution in [2.45, 2.75) is 37.1 Å². The summed E-state index contributed by atoms with van der Waals surface area (Å²) in [6.45, 7) is 1.78. The molecule has 0 aliphatic carbocycles. The standard InChI is InChI=1S/C23H24F2N4O2S/c24-18-7-3-16(4-8-18)11-12-26-21(30)15-32-23-28-27-22(17-5-9-19(25)10-6-17)29(23)14-20-2-1-13-31-20/h3-10,20H,1-2,11-15H2,(H,26,30). The van der Waals surface area contributed by atoms with Crippen molar-refractivity contribution in [2.24, 2.45) is 0 Å². The Morgan fingerprint density at radius 1 is 1.09 bits per heavy atom. The third kappa shape index (κ3) is 5.92. The van der Waals surface area contributed by atoms with Gasteiger partial charge in [-0.25, -0.2) is 8.78 Å². The minimum absolute atomic E-state index is 0.0640. The number of carbonyl (C=O) groups is 1. The zero-order valence-electron chi connectivity index (χ0n) is 17.5. The van der Waals surface area contributed by atoms with Crippen LogP contribution in [0.3, 0.4) is 0 Å². The predicted molar refractivity (Wildman–Crippen MR) is 118 cm³/mol. The van der Waals surface area contributed by atoms with E-state index in [1.165, 1.54) is 36.0 Å². The van der Waals surface area contributed by atoms with Gasteiger partial charge < -0.3 is 10.1 Å². The number of rotatable bonds is 9. The van der Waals surface area contributed by atoms with Gasteiger partial charge in [0, 0.05) is 18.7 Å². The van der Waals surface area contributed by atoms with Gasteiger partial charge in [-0.15, -0.1) is 10.2 Å². The van der Waals surface area contributed by atoms with Crippen molar-refractivity contribution in [3.05, 3.63) is 65.7 Å². The van der Waals surface area contributed by atoms with E-state index in [4.69, 9.17) is 4.74 Å². The van der Waals surface area contributed by atoms with Crippen LogP contribution in [-0.4, -0.2) is 45.7 Å². The fourth-order valence-electron chi connectivity index (χ4n) is 3.54. The average Bonchev–Trinajstić information content (AvgIpc) is 3.45. The van der Waals surface area contributed by atoms with Crippen LogP contribution in [0.2, 0.25) is 0 Å². The fraction of sp³-hybridized carbons (Fsp3) is 0.348. The number of halogens is 2. The number of carbonyl (C=O) groups excluding carboxylic acids is 1. The van der Waals surface area contributed by atoms with Crippen LogP contribution < -0.4 is 5.32 Å². The summed E-state index contributed by atoms with van der Waals surface area (Å²) in [4.78, 5) is 12.3. The number of nitrogens with one attached hydrogen (secondary N) is 1. The molecule has 1 aliphatic rings. The van der Waals surface area contributed by atoms with E-state index in [1.54, 1.807) is 24.3 Å². The summed E-state index contributed by atoms with van der Waals surface area (Å²) >= 11 is 1.30. The number of thioether (sulfide) groups is 1. The van der Waals surface area contributed by atoms with Crippen molar-refractivity contribution in [3.8, 4) is 11.4 Å². The number of ether oxygens (including phenoxy) is 1. The van der Waals surface area contributed by atoms with E-state index in [0.29, 0.717) is 30.5 Å². The van der Waals surface area contributed by atoms with Gasteiger partial charge in [-0.3, -0.25) is 9.36 Å². The molecule has 2 heterocycles. The number of amides is 1. The third-order valence-electron chi connectivity index (χ3n) is 5.21. The molecule has 1 saturated heterocycles. The predicted octanol–water partition coefficient (Wildman–Crippen LogP) is 3.85. The lowest BCUT2D eigenvalue weighted by molar-refractivity contribution is -0.118. The highest BCUT2D eigenvalue weighted by atomic mass is 32.2. The molecule has 0 saturated carbocycles. The lowest BCUT2D eigenvalue weighted by Crippen LogP contribution is -2.27. The largest absolute Gasteiger partial charge is 0.376 e. The van der Waals surface area contributed by atoms with Gasteiger partial charge in [-0.2, -0.15) is 0 Å². The van der Waals surface area contributed by atoms with E-state index in [9.17, 15) is 13.6 Å². The Hall–Kier alpha value is -2.78. The molecule has 3 aromatic rings. The van der Waals surface area contributed by atoms with Crippen LogP contribution in [0.4, 0.5) is 8.78 Å². The minimum Gasteiger partial charge on any atom is -0.376 e. The number of benzene rings is 2. The van der Waals surface area contributed by atoms with Gasteiger partial charge in [-0.1, -0.05) is 23.9 Å². The molecule has 32 heavy (non-hydrogen) atoms. The van der Waals surface area contributed by atoms with Gasteiger partial charge >= 0.3 is 0 Å². The molecule has 9 heteroatoms. The summed E-state index contributed by atoms with van der Waals surface area (Å²) in [7, 11) is 0. The molecule has 1 aromatic heterocycles. The maximum atomic E-state index is 13.3. The van der Waals surface area contributed by atoms with E-state index in [-0.39, 0.29) is 29.4 Å². The van der Waals surface area contributed by atoms with E-state index in [0.717, 1.165) is 30.6 Å². The third-order valence-corrected chi connectivity index (χ3v) is 6.18. The van der Waals surface area contributed by atoms with Crippen molar-refractivity contribution in [2.75, 3.05) is 18.9 Å². The molecular formula is C23H24F2N4O2S. The second kappa shape index (κ2) is 10.7. The van der Waals surface area contributed by atoms with Crippen LogP contribution in [0, 0.1) is 11.6 Å². The number of hydrogen-bond donors (Lipinski definition) is 1. The van der Waals surface area contributed by atoms with Crippen LogP contribution in [0.1, 0.15) is 18.4 Å². The first-order chi connectivity index (χ1) is 15.6. The summed E-state index contributed by atoms with van der Waals surface area (Å²) < 4.78 is 34.0. The molecule has 1 unspecified atom stereocenters. The van der Waals surface area contributed by atoms with Gasteiger partial charge in [-0.05, 0) is 61.2 Å². The fourth-order valence-corrected chi connectivity index (χ4v) is 4.32. The van der Waals surface area contributed by atoms with Gasteiger partial charge in [0.1, 0.15) is 11.6 Å². The van der Waals surface area contributed by atoms with Crippen LogP contribution in [-0.2, 0) is 22.5 Å². The molecule has 1 amide bonds. The van der Waals surface area contributed by atoms with Crippen LogP contribution in [0.25, 0.3) is 11.4 Å². The summed E-state index contributed by atoms with van der Waals surface area (Å²) in [5, 5.41) is 12.1. The van der Waals surface area contributed by atoms with E-state index >= 15 is 0 Å². The summed E-state index contributed by atoms with van der Waals surface area (Å²) in [5.74, 6) is 0.107. The Labute approximate surface area is 189 Å². The van der Waals surface area contributed by atoms with E-state index < -0.39 is 0 Å². The lowest BCUT2D eigenvalue weighted by atomic mass is 10.1. The normalized spacial score (nSPS) is 15.8. The Balaban J connectivity index is 1.37. The monoisotopic (exact) mass is 458 g/mol. The molecule has 0 spiro atoms. The quantitative estimate of drug-likeness (QED) is 0.494. The molecule has 1 fully saturated rings. The lowest BCUT2D eigenvalue weighted by Gasteiger charge is -2.14. The summed E-state index contributed by atoms with van der Waals surface area (Å²) in [6, 6.07) is 12.4. The number of hydrogen-bond acceptors (Lipinski definition) is 5. The van der Waals surface area contributed by atoms with Gasteiger partial charge in [0.25, 0.3) is 0 Å². The highest BCUT2D eigenvalue weighted by Gasteiger charge is 2.22. The zero-order chi connectivity index (χ0) is 22.3. The first kappa shape index (κ1) is 22.4. The molecule has 168 valence electrons. The Bertz CT molecular complexity index is 1040. The molecular weight excluding hydrogens is 434 g/mol. The smallest absolute Gasteiger partial charge is 0.230 e. The Kier molecular flexibility index (Phi) is 7.49. The summed E-state index contributed by atoms with van der Waals surface area (Å²) in [5.41, 5.74) is 1.71. The van der Waals surface area contributed by atoms with Crippen molar-refractivity contribution < 1.29 is 18.3 Å². The minimum atomic E-state index is -0.314. The van der Waals surface area contributed by atoms with Crippen LogP contribution in [0.15, 0.2) is 53.7 Å². The Morgan fingerprint density at radius 2 is 1.81 bits per heavy atom. The van der Waals surface area contributed by atoms with Crippen molar-refractivity contribution in [1.29, 1.82) is 0 Å². The maximum Gasteiger partial charge on any atom is 0.230 e. The molecule has 2 aromatic carbocycles. The molecule has 6 nitrogen and oxygen atoms in total.